The van der Waals surface area contributed by atoms with Crippen LogP contribution in [0.3, 0.4) is 0 Å². The zero-order chi connectivity index (χ0) is 18.0. The Morgan fingerprint density at radius 3 is 2.25 bits per heavy atom. The molecule has 1 fully saturated rings. The molecule has 24 heavy (non-hydrogen) atoms. The van der Waals surface area contributed by atoms with E-state index in [9.17, 15) is 22.8 Å². The summed E-state index contributed by atoms with van der Waals surface area (Å²) >= 11 is 0. The Hall–Kier alpha value is -2.05. The topological polar surface area (TPSA) is 66.4 Å². The van der Waals surface area contributed by atoms with Crippen LogP contribution in [0.2, 0.25) is 0 Å². The monoisotopic (exact) mass is 343 g/mol. The number of carboxylic acid groups (broad SMARTS) is 1. The third kappa shape index (κ3) is 4.49. The van der Waals surface area contributed by atoms with Crippen molar-refractivity contribution >= 4 is 11.9 Å². The van der Waals surface area contributed by atoms with E-state index in [2.05, 4.69) is 5.32 Å². The number of rotatable bonds is 6. The largest absolute Gasteiger partial charge is 0.481 e. The Morgan fingerprint density at radius 1 is 1.25 bits per heavy atom. The summed E-state index contributed by atoms with van der Waals surface area (Å²) in [6.45, 7) is 1.76. The highest BCUT2D eigenvalue weighted by Gasteiger charge is 2.40. The van der Waals surface area contributed by atoms with Crippen molar-refractivity contribution in [2.45, 2.75) is 56.7 Å². The Morgan fingerprint density at radius 2 is 1.83 bits per heavy atom. The number of nitrogens with one attached hydrogen (secondary N) is 1. The SMILES string of the molecule is CC(CC(=O)NC1(CC(=O)O)CCC1)c1ccc(C(F)(F)F)cc1. The van der Waals surface area contributed by atoms with Gasteiger partial charge in [-0.15, -0.1) is 0 Å². The Labute approximate surface area is 138 Å². The smallest absolute Gasteiger partial charge is 0.416 e. The molecule has 1 saturated carbocycles. The molecule has 0 spiro atoms. The maximum atomic E-state index is 12.6. The fourth-order valence-corrected chi connectivity index (χ4v) is 2.98. The molecule has 2 rings (SSSR count). The molecule has 0 bridgehead atoms. The molecule has 0 heterocycles. The van der Waals surface area contributed by atoms with Crippen LogP contribution < -0.4 is 5.32 Å². The number of carbonyl (C=O) groups is 2. The number of carbonyl (C=O) groups excluding carboxylic acids is 1. The molecule has 1 aliphatic rings. The molecule has 1 atom stereocenters. The molecule has 1 aromatic rings. The van der Waals surface area contributed by atoms with Crippen LogP contribution in [0.15, 0.2) is 24.3 Å². The molecular weight excluding hydrogens is 323 g/mol. The van der Waals surface area contributed by atoms with E-state index in [1.807, 2.05) is 0 Å². The molecule has 1 aromatic carbocycles. The second kappa shape index (κ2) is 6.83. The van der Waals surface area contributed by atoms with Crippen molar-refractivity contribution in [2.24, 2.45) is 0 Å². The molecule has 0 aliphatic heterocycles. The van der Waals surface area contributed by atoms with Gasteiger partial charge in [-0.3, -0.25) is 9.59 Å². The van der Waals surface area contributed by atoms with Crippen molar-refractivity contribution in [3.8, 4) is 0 Å². The third-order valence-electron chi connectivity index (χ3n) is 4.50. The summed E-state index contributed by atoms with van der Waals surface area (Å²) in [6.07, 6.45) is -2.23. The first kappa shape index (κ1) is 18.3. The predicted molar refractivity (Wildman–Crippen MR) is 81.5 cm³/mol. The van der Waals surface area contributed by atoms with Crippen molar-refractivity contribution < 1.29 is 27.9 Å². The molecule has 1 amide bonds. The first-order chi connectivity index (χ1) is 11.1. The summed E-state index contributed by atoms with van der Waals surface area (Å²) in [7, 11) is 0. The second-order valence-electron chi connectivity index (χ2n) is 6.48. The van der Waals surface area contributed by atoms with Gasteiger partial charge < -0.3 is 10.4 Å². The number of aliphatic carboxylic acids is 1. The number of hydrogen-bond donors (Lipinski definition) is 2. The maximum absolute atomic E-state index is 12.6. The minimum absolute atomic E-state index is 0.104. The normalized spacial score (nSPS) is 17.7. The first-order valence-corrected chi connectivity index (χ1v) is 7.81. The number of hydrogen-bond acceptors (Lipinski definition) is 2. The summed E-state index contributed by atoms with van der Waals surface area (Å²) in [5.41, 5.74) is -0.750. The van der Waals surface area contributed by atoms with Gasteiger partial charge in [-0.2, -0.15) is 13.2 Å². The van der Waals surface area contributed by atoms with Gasteiger partial charge in [-0.1, -0.05) is 19.1 Å². The van der Waals surface area contributed by atoms with E-state index < -0.39 is 23.2 Å². The second-order valence-corrected chi connectivity index (χ2v) is 6.48. The number of benzene rings is 1. The van der Waals surface area contributed by atoms with Gasteiger partial charge in [0.1, 0.15) is 0 Å². The number of amides is 1. The van der Waals surface area contributed by atoms with E-state index in [0.717, 1.165) is 18.6 Å². The van der Waals surface area contributed by atoms with Gasteiger partial charge in [0.05, 0.1) is 17.5 Å². The Bertz CT molecular complexity index is 607. The Kier molecular flexibility index (Phi) is 5.20. The van der Waals surface area contributed by atoms with Gasteiger partial charge >= 0.3 is 12.1 Å². The first-order valence-electron chi connectivity index (χ1n) is 7.81. The molecule has 1 aliphatic carbocycles. The average Bonchev–Trinajstić information content (AvgIpc) is 2.43. The molecule has 2 N–H and O–H groups in total. The van der Waals surface area contributed by atoms with E-state index >= 15 is 0 Å². The third-order valence-corrected chi connectivity index (χ3v) is 4.50. The highest BCUT2D eigenvalue weighted by atomic mass is 19.4. The lowest BCUT2D eigenvalue weighted by Crippen LogP contribution is -2.54. The van der Waals surface area contributed by atoms with Crippen molar-refractivity contribution in [2.75, 3.05) is 0 Å². The van der Waals surface area contributed by atoms with Gasteiger partial charge in [0.15, 0.2) is 0 Å². The lowest BCUT2D eigenvalue weighted by Gasteiger charge is -2.41. The van der Waals surface area contributed by atoms with Gasteiger partial charge in [-0.25, -0.2) is 0 Å². The van der Waals surface area contributed by atoms with E-state index in [1.54, 1.807) is 6.92 Å². The molecule has 1 unspecified atom stereocenters. The van der Waals surface area contributed by atoms with Crippen LogP contribution in [0, 0.1) is 0 Å². The average molecular weight is 343 g/mol. The number of halogens is 3. The predicted octanol–water partition coefficient (Wildman–Crippen LogP) is 3.71. The number of carboxylic acids is 1. The summed E-state index contributed by atoms with van der Waals surface area (Å²) < 4.78 is 37.7. The fourth-order valence-electron chi connectivity index (χ4n) is 2.98. The Balaban J connectivity index is 1.95. The minimum Gasteiger partial charge on any atom is -0.481 e. The maximum Gasteiger partial charge on any atom is 0.416 e. The van der Waals surface area contributed by atoms with E-state index in [4.69, 9.17) is 5.11 Å². The summed E-state index contributed by atoms with van der Waals surface area (Å²) in [5.74, 6) is -1.48. The van der Waals surface area contributed by atoms with Crippen molar-refractivity contribution in [1.29, 1.82) is 0 Å². The van der Waals surface area contributed by atoms with Crippen LogP contribution in [-0.2, 0) is 15.8 Å². The lowest BCUT2D eigenvalue weighted by atomic mass is 9.74. The summed E-state index contributed by atoms with van der Waals surface area (Å²) in [5, 5.41) is 11.7. The summed E-state index contributed by atoms with van der Waals surface area (Å²) in [4.78, 5) is 23.1. The van der Waals surface area contributed by atoms with Gasteiger partial charge in [0.25, 0.3) is 0 Å². The summed E-state index contributed by atoms with van der Waals surface area (Å²) in [6, 6.07) is 4.75. The van der Waals surface area contributed by atoms with Crippen molar-refractivity contribution in [3.63, 3.8) is 0 Å². The van der Waals surface area contributed by atoms with Gasteiger partial charge in [-0.05, 0) is 42.9 Å². The molecular formula is C17H20F3NO3. The van der Waals surface area contributed by atoms with Crippen molar-refractivity contribution in [3.05, 3.63) is 35.4 Å². The van der Waals surface area contributed by atoms with Crippen LogP contribution in [0.5, 0.6) is 0 Å². The fraction of sp³-hybridized carbons (Fsp3) is 0.529. The molecule has 132 valence electrons. The van der Waals surface area contributed by atoms with Gasteiger partial charge in [0, 0.05) is 6.42 Å². The number of alkyl halides is 3. The quantitative estimate of drug-likeness (QED) is 0.827. The van der Waals surface area contributed by atoms with E-state index in [0.29, 0.717) is 18.4 Å². The standard InChI is InChI=1S/C17H20F3NO3/c1-11(12-3-5-13(6-4-12)17(18,19)20)9-14(22)21-16(7-2-8-16)10-15(23)24/h3-6,11H,2,7-10H2,1H3,(H,21,22)(H,23,24). The lowest BCUT2D eigenvalue weighted by molar-refractivity contribution is -0.141. The molecule has 4 nitrogen and oxygen atoms in total. The minimum atomic E-state index is -4.38. The zero-order valence-electron chi connectivity index (χ0n) is 13.3. The van der Waals surface area contributed by atoms with Crippen LogP contribution in [-0.4, -0.2) is 22.5 Å². The van der Waals surface area contributed by atoms with Gasteiger partial charge in [0.2, 0.25) is 5.91 Å². The van der Waals surface area contributed by atoms with E-state index in [1.165, 1.54) is 12.1 Å². The molecule has 0 aromatic heterocycles. The molecule has 0 radical (unpaired) electrons. The highest BCUT2D eigenvalue weighted by molar-refractivity contribution is 5.79. The molecule has 0 saturated heterocycles. The van der Waals surface area contributed by atoms with Crippen molar-refractivity contribution in [1.82, 2.24) is 5.32 Å². The zero-order valence-corrected chi connectivity index (χ0v) is 13.3. The molecule has 7 heteroatoms. The van der Waals surface area contributed by atoms with Crippen LogP contribution in [0.25, 0.3) is 0 Å². The van der Waals surface area contributed by atoms with E-state index in [-0.39, 0.29) is 24.7 Å². The van der Waals surface area contributed by atoms with Crippen LogP contribution in [0.4, 0.5) is 13.2 Å². The van der Waals surface area contributed by atoms with Crippen LogP contribution >= 0.6 is 0 Å². The highest BCUT2D eigenvalue weighted by Crippen LogP contribution is 2.35. The van der Waals surface area contributed by atoms with Crippen LogP contribution in [0.1, 0.15) is 56.1 Å².